The molecule has 6 nitrogen and oxygen atoms in total. The van der Waals surface area contributed by atoms with Gasteiger partial charge in [-0.1, -0.05) is 49.6 Å². The molecule has 7 heteroatoms. The van der Waals surface area contributed by atoms with Crippen LogP contribution in [0.3, 0.4) is 0 Å². The van der Waals surface area contributed by atoms with Crippen molar-refractivity contribution in [2.45, 2.75) is 39.3 Å². The van der Waals surface area contributed by atoms with E-state index in [1.807, 2.05) is 42.5 Å². The third-order valence-electron chi connectivity index (χ3n) is 5.02. The van der Waals surface area contributed by atoms with Crippen LogP contribution in [-0.2, 0) is 13.1 Å². The van der Waals surface area contributed by atoms with E-state index in [2.05, 4.69) is 21.8 Å². The highest BCUT2D eigenvalue weighted by atomic mass is 35.5. The molecule has 1 aromatic carbocycles. The SMILES string of the molecule is CCCCCn1c(NCc2ccccn2)cc(=O)n2cc(-c3ccc(Cl)cc3)nc12. The van der Waals surface area contributed by atoms with Gasteiger partial charge in [-0.05, 0) is 30.7 Å². The van der Waals surface area contributed by atoms with E-state index in [9.17, 15) is 4.79 Å². The fraction of sp³-hybridized carbons (Fsp3) is 0.261. The molecule has 0 aliphatic heterocycles. The highest BCUT2D eigenvalue weighted by molar-refractivity contribution is 6.30. The van der Waals surface area contributed by atoms with Gasteiger partial charge in [-0.3, -0.25) is 18.7 Å². The number of anilines is 1. The highest BCUT2D eigenvalue weighted by Crippen LogP contribution is 2.22. The monoisotopic (exact) mass is 421 g/mol. The summed E-state index contributed by atoms with van der Waals surface area (Å²) >= 11 is 6.01. The molecule has 3 heterocycles. The Morgan fingerprint density at radius 2 is 1.93 bits per heavy atom. The van der Waals surface area contributed by atoms with Gasteiger partial charge in [0.1, 0.15) is 5.82 Å². The lowest BCUT2D eigenvalue weighted by atomic mass is 10.2. The van der Waals surface area contributed by atoms with Crippen molar-refractivity contribution >= 4 is 23.2 Å². The number of nitrogens with zero attached hydrogens (tertiary/aromatic N) is 4. The average Bonchev–Trinajstić information content (AvgIpc) is 3.21. The van der Waals surface area contributed by atoms with E-state index in [1.165, 1.54) is 0 Å². The Morgan fingerprint density at radius 3 is 2.67 bits per heavy atom. The molecule has 4 aromatic rings. The van der Waals surface area contributed by atoms with Crippen LogP contribution < -0.4 is 10.9 Å². The van der Waals surface area contributed by atoms with E-state index in [0.29, 0.717) is 17.3 Å². The summed E-state index contributed by atoms with van der Waals surface area (Å²) in [6, 6.07) is 14.9. The standard InChI is InChI=1S/C23H24ClN5O/c1-2-3-6-13-28-21(26-15-19-7-4-5-12-25-19)14-22(30)29-16-20(27-23(28)29)17-8-10-18(24)11-9-17/h4-5,7-12,14,16,26H,2-3,6,13,15H2,1H3. The van der Waals surface area contributed by atoms with Gasteiger partial charge in [-0.2, -0.15) is 0 Å². The Hall–Kier alpha value is -3.12. The molecule has 154 valence electrons. The summed E-state index contributed by atoms with van der Waals surface area (Å²) in [7, 11) is 0. The van der Waals surface area contributed by atoms with Crippen LogP contribution in [0.1, 0.15) is 31.9 Å². The van der Waals surface area contributed by atoms with E-state index >= 15 is 0 Å². The molecule has 1 N–H and O–H groups in total. The third-order valence-corrected chi connectivity index (χ3v) is 5.27. The Labute approximate surface area is 180 Å². The number of imidazole rings is 1. The van der Waals surface area contributed by atoms with Crippen LogP contribution in [0.15, 0.2) is 65.7 Å². The zero-order valence-electron chi connectivity index (χ0n) is 16.9. The van der Waals surface area contributed by atoms with Gasteiger partial charge >= 0.3 is 0 Å². The van der Waals surface area contributed by atoms with E-state index in [0.717, 1.165) is 48.6 Å². The summed E-state index contributed by atoms with van der Waals surface area (Å²) in [5.74, 6) is 1.38. The van der Waals surface area contributed by atoms with Gasteiger partial charge in [0.05, 0.1) is 17.9 Å². The molecular weight excluding hydrogens is 398 g/mol. The van der Waals surface area contributed by atoms with Gasteiger partial charge in [-0.25, -0.2) is 4.98 Å². The summed E-state index contributed by atoms with van der Waals surface area (Å²) in [5, 5.41) is 4.04. The number of aromatic nitrogens is 4. The van der Waals surface area contributed by atoms with E-state index < -0.39 is 0 Å². The highest BCUT2D eigenvalue weighted by Gasteiger charge is 2.14. The van der Waals surface area contributed by atoms with Crippen LogP contribution >= 0.6 is 11.6 Å². The third kappa shape index (κ3) is 4.39. The lowest BCUT2D eigenvalue weighted by Gasteiger charge is -2.16. The number of rotatable bonds is 8. The fourth-order valence-corrected chi connectivity index (χ4v) is 3.55. The van der Waals surface area contributed by atoms with Crippen LogP contribution in [0.5, 0.6) is 0 Å². The topological polar surface area (TPSA) is 64.2 Å². The molecule has 0 fully saturated rings. The number of nitrogens with one attached hydrogen (secondary N) is 1. The van der Waals surface area contributed by atoms with Crippen LogP contribution in [0.4, 0.5) is 5.82 Å². The minimum Gasteiger partial charge on any atom is -0.366 e. The van der Waals surface area contributed by atoms with Crippen molar-refractivity contribution in [3.05, 3.63) is 82.0 Å². The predicted octanol–water partition coefficient (Wildman–Crippen LogP) is 5.01. The number of unbranched alkanes of at least 4 members (excludes halogenated alkanes) is 2. The lowest BCUT2D eigenvalue weighted by Crippen LogP contribution is -2.20. The number of pyridine rings is 1. The van der Waals surface area contributed by atoms with Crippen molar-refractivity contribution in [1.29, 1.82) is 0 Å². The number of hydrogen-bond donors (Lipinski definition) is 1. The maximum absolute atomic E-state index is 12.8. The fourth-order valence-electron chi connectivity index (χ4n) is 3.43. The van der Waals surface area contributed by atoms with Crippen molar-refractivity contribution in [2.24, 2.45) is 0 Å². The van der Waals surface area contributed by atoms with Crippen LogP contribution in [-0.4, -0.2) is 18.9 Å². The molecule has 0 amide bonds. The molecule has 0 unspecified atom stereocenters. The second-order valence-electron chi connectivity index (χ2n) is 7.20. The average molecular weight is 422 g/mol. The maximum atomic E-state index is 12.8. The summed E-state index contributed by atoms with van der Waals surface area (Å²) in [5.41, 5.74) is 2.46. The Balaban J connectivity index is 1.74. The van der Waals surface area contributed by atoms with Gasteiger partial charge < -0.3 is 5.32 Å². The van der Waals surface area contributed by atoms with Crippen LogP contribution in [0, 0.1) is 0 Å². The molecular formula is C23H24ClN5O. The van der Waals surface area contributed by atoms with E-state index in [1.54, 1.807) is 22.9 Å². The molecule has 0 radical (unpaired) electrons. The Morgan fingerprint density at radius 1 is 1.10 bits per heavy atom. The molecule has 3 aromatic heterocycles. The molecule has 0 aliphatic rings. The van der Waals surface area contributed by atoms with E-state index in [4.69, 9.17) is 16.6 Å². The first kappa shape index (κ1) is 20.2. The van der Waals surface area contributed by atoms with Crippen molar-refractivity contribution in [2.75, 3.05) is 5.32 Å². The molecule has 0 saturated carbocycles. The number of benzene rings is 1. The molecule has 0 aliphatic carbocycles. The van der Waals surface area contributed by atoms with Gasteiger partial charge in [0.15, 0.2) is 0 Å². The number of halogens is 1. The molecule has 0 spiro atoms. The first-order valence-electron chi connectivity index (χ1n) is 10.2. The first-order chi connectivity index (χ1) is 14.7. The quantitative estimate of drug-likeness (QED) is 0.406. The van der Waals surface area contributed by atoms with Crippen LogP contribution in [0.2, 0.25) is 5.02 Å². The molecule has 0 saturated heterocycles. The number of aryl methyl sites for hydroxylation is 1. The summed E-state index contributed by atoms with van der Waals surface area (Å²) in [4.78, 5) is 22.0. The minimum atomic E-state index is -0.118. The van der Waals surface area contributed by atoms with Crippen molar-refractivity contribution < 1.29 is 0 Å². The second kappa shape index (κ2) is 9.13. The van der Waals surface area contributed by atoms with Crippen molar-refractivity contribution in [3.8, 4) is 11.3 Å². The normalized spacial score (nSPS) is 11.1. The zero-order chi connectivity index (χ0) is 20.9. The number of fused-ring (bicyclic) bond motifs is 1. The Kier molecular flexibility index (Phi) is 6.14. The minimum absolute atomic E-state index is 0.118. The predicted molar refractivity (Wildman–Crippen MR) is 121 cm³/mol. The largest absolute Gasteiger partial charge is 0.366 e. The maximum Gasteiger partial charge on any atom is 0.261 e. The molecule has 4 rings (SSSR count). The lowest BCUT2D eigenvalue weighted by molar-refractivity contribution is 0.604. The van der Waals surface area contributed by atoms with Crippen molar-refractivity contribution in [3.63, 3.8) is 0 Å². The molecule has 30 heavy (non-hydrogen) atoms. The van der Waals surface area contributed by atoms with Gasteiger partial charge in [-0.15, -0.1) is 0 Å². The second-order valence-corrected chi connectivity index (χ2v) is 7.64. The molecule has 0 bridgehead atoms. The van der Waals surface area contributed by atoms with Crippen molar-refractivity contribution in [1.82, 2.24) is 18.9 Å². The Bertz CT molecular complexity index is 1180. The smallest absolute Gasteiger partial charge is 0.261 e. The molecule has 0 atom stereocenters. The number of hydrogen-bond acceptors (Lipinski definition) is 4. The summed E-state index contributed by atoms with van der Waals surface area (Å²) in [6.45, 7) is 3.49. The van der Waals surface area contributed by atoms with Gasteiger partial charge in [0.2, 0.25) is 5.78 Å². The zero-order valence-corrected chi connectivity index (χ0v) is 17.6. The first-order valence-corrected chi connectivity index (χ1v) is 10.6. The van der Waals surface area contributed by atoms with E-state index in [-0.39, 0.29) is 5.56 Å². The van der Waals surface area contributed by atoms with Crippen LogP contribution in [0.25, 0.3) is 17.0 Å². The summed E-state index contributed by atoms with van der Waals surface area (Å²) in [6.07, 6.45) is 6.80. The summed E-state index contributed by atoms with van der Waals surface area (Å²) < 4.78 is 3.70. The van der Waals surface area contributed by atoms with Gasteiger partial charge in [0.25, 0.3) is 5.56 Å². The van der Waals surface area contributed by atoms with Gasteiger partial charge in [0, 0.05) is 35.6 Å².